The van der Waals surface area contributed by atoms with Crippen molar-refractivity contribution in [2.24, 2.45) is 5.73 Å². The number of anilines is 1. The smallest absolute Gasteiger partial charge is 0.0484 e. The van der Waals surface area contributed by atoms with E-state index in [4.69, 9.17) is 11.5 Å². The second-order valence-corrected chi connectivity index (χ2v) is 5.54. The molecule has 1 unspecified atom stereocenters. The Kier molecular flexibility index (Phi) is 4.55. The molecule has 4 N–H and O–H groups in total. The van der Waals surface area contributed by atoms with Gasteiger partial charge in [-0.05, 0) is 34.4 Å². The average Bonchev–Trinajstić information content (AvgIpc) is 2.61. The summed E-state index contributed by atoms with van der Waals surface area (Å²) >= 11 is 0. The van der Waals surface area contributed by atoms with E-state index in [0.717, 1.165) is 22.4 Å². The molecule has 0 heterocycles. The molecular weight excluding hydrogens is 280 g/mol. The Bertz CT molecular complexity index is 772. The number of benzene rings is 3. The van der Waals surface area contributed by atoms with Gasteiger partial charge in [-0.2, -0.15) is 0 Å². The highest BCUT2D eigenvalue weighted by atomic mass is 14.6. The van der Waals surface area contributed by atoms with Crippen LogP contribution in [0.5, 0.6) is 0 Å². The topological polar surface area (TPSA) is 52.0 Å². The van der Waals surface area contributed by atoms with E-state index in [-0.39, 0.29) is 6.04 Å². The van der Waals surface area contributed by atoms with Crippen LogP contribution in [0, 0.1) is 0 Å². The van der Waals surface area contributed by atoms with Crippen molar-refractivity contribution in [2.45, 2.75) is 6.04 Å². The first-order valence-corrected chi connectivity index (χ1v) is 7.67. The molecule has 0 aliphatic heterocycles. The van der Waals surface area contributed by atoms with Gasteiger partial charge in [-0.25, -0.2) is 0 Å². The molecule has 3 aromatic rings. The standard InChI is InChI=1S/C21H20N2/c22-20-13-11-18(12-14-20)17-9-6-16(7-10-17)8-15-21(23)19-4-2-1-3-5-19/h1-15,21H,22-23H2/b15-8+. The van der Waals surface area contributed by atoms with Gasteiger partial charge in [-0.15, -0.1) is 0 Å². The van der Waals surface area contributed by atoms with Crippen LogP contribution in [0.15, 0.2) is 84.9 Å². The summed E-state index contributed by atoms with van der Waals surface area (Å²) < 4.78 is 0. The molecule has 0 amide bonds. The van der Waals surface area contributed by atoms with Crippen LogP contribution in [0.4, 0.5) is 5.69 Å². The number of nitrogens with two attached hydrogens (primary N) is 2. The Morgan fingerprint density at radius 1 is 0.696 bits per heavy atom. The molecule has 0 saturated carbocycles. The molecule has 2 nitrogen and oxygen atoms in total. The van der Waals surface area contributed by atoms with Crippen molar-refractivity contribution in [1.82, 2.24) is 0 Å². The Labute approximate surface area is 137 Å². The van der Waals surface area contributed by atoms with E-state index >= 15 is 0 Å². The Morgan fingerprint density at radius 2 is 1.26 bits per heavy atom. The summed E-state index contributed by atoms with van der Waals surface area (Å²) in [4.78, 5) is 0. The maximum Gasteiger partial charge on any atom is 0.0484 e. The van der Waals surface area contributed by atoms with Crippen molar-refractivity contribution in [3.8, 4) is 11.1 Å². The zero-order valence-corrected chi connectivity index (χ0v) is 12.9. The summed E-state index contributed by atoms with van der Waals surface area (Å²) in [6.45, 7) is 0. The third kappa shape index (κ3) is 3.87. The predicted octanol–water partition coefficient (Wildman–Crippen LogP) is 4.65. The fourth-order valence-corrected chi connectivity index (χ4v) is 2.46. The fraction of sp³-hybridized carbons (Fsp3) is 0.0476. The average molecular weight is 300 g/mol. The highest BCUT2D eigenvalue weighted by Gasteiger charge is 2.00. The van der Waals surface area contributed by atoms with Gasteiger partial charge in [0.2, 0.25) is 0 Å². The van der Waals surface area contributed by atoms with Crippen molar-refractivity contribution in [2.75, 3.05) is 5.73 Å². The second kappa shape index (κ2) is 6.95. The minimum Gasteiger partial charge on any atom is -0.399 e. The third-order valence-corrected chi connectivity index (χ3v) is 3.84. The monoisotopic (exact) mass is 300 g/mol. The first-order valence-electron chi connectivity index (χ1n) is 7.67. The van der Waals surface area contributed by atoms with E-state index in [9.17, 15) is 0 Å². The van der Waals surface area contributed by atoms with Crippen LogP contribution in [0.2, 0.25) is 0 Å². The van der Waals surface area contributed by atoms with E-state index in [0.29, 0.717) is 0 Å². The van der Waals surface area contributed by atoms with E-state index in [2.05, 4.69) is 30.3 Å². The van der Waals surface area contributed by atoms with Crippen LogP contribution in [0.25, 0.3) is 17.2 Å². The molecule has 0 aliphatic rings. The molecule has 0 aromatic heterocycles. The summed E-state index contributed by atoms with van der Waals surface area (Å²) in [7, 11) is 0. The van der Waals surface area contributed by atoms with E-state index in [1.165, 1.54) is 5.56 Å². The first-order chi connectivity index (χ1) is 11.2. The van der Waals surface area contributed by atoms with Gasteiger partial charge in [0, 0.05) is 11.7 Å². The summed E-state index contributed by atoms with van der Waals surface area (Å²) in [5.41, 5.74) is 17.3. The molecule has 3 aromatic carbocycles. The van der Waals surface area contributed by atoms with Gasteiger partial charge in [-0.3, -0.25) is 0 Å². The van der Waals surface area contributed by atoms with Crippen LogP contribution in [-0.4, -0.2) is 0 Å². The van der Waals surface area contributed by atoms with Gasteiger partial charge in [0.15, 0.2) is 0 Å². The van der Waals surface area contributed by atoms with E-state index in [1.807, 2.05) is 60.7 Å². The second-order valence-electron chi connectivity index (χ2n) is 5.54. The summed E-state index contributed by atoms with van der Waals surface area (Å²) in [5.74, 6) is 0. The molecule has 2 heteroatoms. The predicted molar refractivity (Wildman–Crippen MR) is 98.7 cm³/mol. The molecule has 114 valence electrons. The highest BCUT2D eigenvalue weighted by Crippen LogP contribution is 2.21. The lowest BCUT2D eigenvalue weighted by Gasteiger charge is -2.06. The van der Waals surface area contributed by atoms with Gasteiger partial charge in [0.1, 0.15) is 0 Å². The van der Waals surface area contributed by atoms with Crippen molar-refractivity contribution in [3.05, 3.63) is 96.1 Å². The van der Waals surface area contributed by atoms with Crippen molar-refractivity contribution in [3.63, 3.8) is 0 Å². The molecule has 0 bridgehead atoms. The maximum atomic E-state index is 6.18. The Balaban J connectivity index is 1.72. The summed E-state index contributed by atoms with van der Waals surface area (Å²) in [6.07, 6.45) is 4.08. The lowest BCUT2D eigenvalue weighted by molar-refractivity contribution is 0.916. The van der Waals surface area contributed by atoms with Gasteiger partial charge in [-0.1, -0.05) is 78.9 Å². The lowest BCUT2D eigenvalue weighted by atomic mass is 10.0. The zero-order valence-electron chi connectivity index (χ0n) is 12.9. The fourth-order valence-electron chi connectivity index (χ4n) is 2.46. The van der Waals surface area contributed by atoms with Crippen LogP contribution < -0.4 is 11.5 Å². The number of hydrogen-bond donors (Lipinski definition) is 2. The normalized spacial score (nSPS) is 12.4. The molecule has 0 aliphatic carbocycles. The van der Waals surface area contributed by atoms with Gasteiger partial charge in [0.25, 0.3) is 0 Å². The van der Waals surface area contributed by atoms with Gasteiger partial charge < -0.3 is 11.5 Å². The molecule has 0 fully saturated rings. The number of nitrogen functional groups attached to an aromatic ring is 1. The molecule has 23 heavy (non-hydrogen) atoms. The minimum atomic E-state index is -0.0898. The van der Waals surface area contributed by atoms with Crippen molar-refractivity contribution in [1.29, 1.82) is 0 Å². The molecule has 0 saturated heterocycles. The summed E-state index contributed by atoms with van der Waals surface area (Å²) in [6, 6.07) is 26.3. The SMILES string of the molecule is Nc1ccc(-c2ccc(/C=C/C(N)c3ccccc3)cc2)cc1. The van der Waals surface area contributed by atoms with E-state index < -0.39 is 0 Å². The number of hydrogen-bond acceptors (Lipinski definition) is 2. The third-order valence-electron chi connectivity index (χ3n) is 3.84. The molecular formula is C21H20N2. The Morgan fingerprint density at radius 3 is 1.87 bits per heavy atom. The van der Waals surface area contributed by atoms with Crippen LogP contribution in [0.3, 0.4) is 0 Å². The maximum absolute atomic E-state index is 6.18. The van der Waals surface area contributed by atoms with Gasteiger partial charge >= 0.3 is 0 Å². The lowest BCUT2D eigenvalue weighted by Crippen LogP contribution is -2.06. The molecule has 0 radical (unpaired) electrons. The van der Waals surface area contributed by atoms with Crippen LogP contribution >= 0.6 is 0 Å². The first kappa shape index (κ1) is 15.1. The van der Waals surface area contributed by atoms with Crippen LogP contribution in [-0.2, 0) is 0 Å². The van der Waals surface area contributed by atoms with Crippen LogP contribution in [0.1, 0.15) is 17.2 Å². The highest BCUT2D eigenvalue weighted by molar-refractivity contribution is 5.67. The number of rotatable bonds is 4. The zero-order chi connectivity index (χ0) is 16.1. The van der Waals surface area contributed by atoms with Crippen molar-refractivity contribution >= 4 is 11.8 Å². The van der Waals surface area contributed by atoms with Crippen molar-refractivity contribution < 1.29 is 0 Å². The quantitative estimate of drug-likeness (QED) is 0.689. The molecule has 3 rings (SSSR count). The van der Waals surface area contributed by atoms with E-state index in [1.54, 1.807) is 0 Å². The van der Waals surface area contributed by atoms with Gasteiger partial charge in [0.05, 0.1) is 0 Å². The summed E-state index contributed by atoms with van der Waals surface area (Å²) in [5, 5.41) is 0. The Hall–Kier alpha value is -2.84. The largest absolute Gasteiger partial charge is 0.399 e. The molecule has 1 atom stereocenters. The molecule has 0 spiro atoms. The minimum absolute atomic E-state index is 0.0898.